The van der Waals surface area contributed by atoms with Crippen LogP contribution < -0.4 is 0 Å². The average molecular weight is 905 g/mol. The summed E-state index contributed by atoms with van der Waals surface area (Å²) in [6.07, 6.45) is 0. The standard InChI is InChI=1S/C35H23N5O6S5.Ba/c1-18-3-14-26-29(31(18)50(41,42)43)48-34(37-26)21-7-12-24(13-8-21)40-39-23-10-5-20(6-11-23)33-36-25-16-9-22(17-28(25)47-33)35-38-27-15-4-19(2)32(30(27)49-35)51(44,45)46;/h3-17H,1-2H3,(H,41,42,43)(H,44,45,46);/q;+2/p-2. The Bertz CT molecular complexity index is 2940. The molecule has 52 heavy (non-hydrogen) atoms. The first kappa shape index (κ1) is 37.1. The van der Waals surface area contributed by atoms with Gasteiger partial charge in [0.1, 0.15) is 35.3 Å². The van der Waals surface area contributed by atoms with Crippen LogP contribution in [0.15, 0.2) is 111 Å². The Balaban J connectivity index is 0.00000420. The van der Waals surface area contributed by atoms with Crippen LogP contribution in [0.3, 0.4) is 0 Å². The number of nitrogens with zero attached hydrogens (tertiary/aromatic N) is 5. The van der Waals surface area contributed by atoms with Crippen molar-refractivity contribution in [3.05, 3.63) is 102 Å². The van der Waals surface area contributed by atoms with Gasteiger partial charge in [0.05, 0.1) is 51.8 Å². The molecular weight excluding hydrogens is 884 g/mol. The molecule has 0 aliphatic heterocycles. The third kappa shape index (κ3) is 7.18. The molecule has 0 atom stereocenters. The number of aryl methyl sites for hydroxylation is 2. The normalized spacial score (nSPS) is 12.3. The van der Waals surface area contributed by atoms with E-state index in [2.05, 4.69) is 20.2 Å². The van der Waals surface area contributed by atoms with Crippen molar-refractivity contribution >= 4 is 145 Å². The number of benzene rings is 5. The van der Waals surface area contributed by atoms with Crippen molar-refractivity contribution in [2.24, 2.45) is 10.2 Å². The molecule has 0 saturated carbocycles. The van der Waals surface area contributed by atoms with Crippen LogP contribution in [0.5, 0.6) is 0 Å². The molecule has 8 aromatic rings. The quantitative estimate of drug-likeness (QED) is 0.0858. The minimum Gasteiger partial charge on any atom is -0.744 e. The Morgan fingerprint density at radius 3 is 1.37 bits per heavy atom. The molecule has 3 heterocycles. The zero-order valence-electron chi connectivity index (χ0n) is 27.1. The van der Waals surface area contributed by atoms with Crippen LogP contribution in [-0.2, 0) is 20.2 Å². The SMILES string of the molecule is Cc1ccc2nc(-c3ccc(N=Nc4ccc(-c5nc6ccc(-c7nc8ccc(C)c(S(=O)(=O)[O-])c8s7)cc6s5)cc4)cc3)sc2c1S(=O)(=O)[O-].[Ba+2]. The number of fused-ring (bicyclic) bond motifs is 3. The number of hydrogen-bond donors (Lipinski definition) is 0. The maximum absolute atomic E-state index is 11.9. The largest absolute Gasteiger partial charge is 2.00 e. The molecule has 0 radical (unpaired) electrons. The van der Waals surface area contributed by atoms with E-state index in [0.717, 1.165) is 43.3 Å². The van der Waals surface area contributed by atoms with Crippen LogP contribution in [0.2, 0.25) is 0 Å². The molecule has 8 rings (SSSR count). The molecule has 0 spiro atoms. The van der Waals surface area contributed by atoms with Crippen molar-refractivity contribution in [3.63, 3.8) is 0 Å². The molecule has 0 aliphatic rings. The third-order valence-electron chi connectivity index (χ3n) is 8.06. The molecule has 5 aromatic carbocycles. The summed E-state index contributed by atoms with van der Waals surface area (Å²) in [6.45, 7) is 3.19. The summed E-state index contributed by atoms with van der Waals surface area (Å²) in [6, 6.07) is 27.1. The summed E-state index contributed by atoms with van der Waals surface area (Å²) in [7, 11) is -9.31. The summed E-state index contributed by atoms with van der Waals surface area (Å²) >= 11 is 3.85. The van der Waals surface area contributed by atoms with Gasteiger partial charge in [-0.1, -0.05) is 12.1 Å². The third-order valence-corrected chi connectivity index (χ3v) is 13.7. The van der Waals surface area contributed by atoms with Crippen LogP contribution in [0.4, 0.5) is 11.4 Å². The Labute approximate surface area is 349 Å². The number of thiazole rings is 3. The summed E-state index contributed by atoms with van der Waals surface area (Å²) in [4.78, 5) is 13.5. The Hall–Kier alpha value is -3.24. The fraction of sp³-hybridized carbons (Fsp3) is 0.0571. The van der Waals surface area contributed by atoms with Gasteiger partial charge in [0.2, 0.25) is 0 Å². The maximum Gasteiger partial charge on any atom is 2.00 e. The summed E-state index contributed by atoms with van der Waals surface area (Å²) < 4.78 is 73.1. The van der Waals surface area contributed by atoms with Crippen molar-refractivity contribution in [3.8, 4) is 31.7 Å². The maximum atomic E-state index is 11.9. The van der Waals surface area contributed by atoms with E-state index in [0.29, 0.717) is 53.0 Å². The Kier molecular flexibility index (Phi) is 10.1. The predicted octanol–water partition coefficient (Wildman–Crippen LogP) is 8.98. The van der Waals surface area contributed by atoms with Crippen LogP contribution in [-0.4, -0.2) is 89.8 Å². The summed E-state index contributed by atoms with van der Waals surface area (Å²) in [5.41, 5.74) is 6.23. The van der Waals surface area contributed by atoms with Crippen LogP contribution >= 0.6 is 34.0 Å². The molecule has 17 heteroatoms. The molecule has 11 nitrogen and oxygen atoms in total. The van der Waals surface area contributed by atoms with Crippen molar-refractivity contribution < 1.29 is 25.9 Å². The van der Waals surface area contributed by atoms with E-state index >= 15 is 0 Å². The fourth-order valence-electron chi connectivity index (χ4n) is 5.64. The van der Waals surface area contributed by atoms with E-state index in [9.17, 15) is 25.9 Å². The molecule has 0 saturated heterocycles. The van der Waals surface area contributed by atoms with Gasteiger partial charge in [-0.2, -0.15) is 10.2 Å². The molecular formula is C35H21BaN5O6S5. The molecule has 0 unspecified atom stereocenters. The minimum atomic E-state index is -4.66. The molecule has 254 valence electrons. The zero-order valence-corrected chi connectivity index (χ0v) is 35.6. The Morgan fingerprint density at radius 2 is 0.904 bits per heavy atom. The van der Waals surface area contributed by atoms with Crippen molar-refractivity contribution in [2.45, 2.75) is 23.6 Å². The monoisotopic (exact) mass is 905 g/mol. The first-order valence-electron chi connectivity index (χ1n) is 15.1. The van der Waals surface area contributed by atoms with Gasteiger partial charge in [0.25, 0.3) is 0 Å². The van der Waals surface area contributed by atoms with E-state index in [1.807, 2.05) is 54.6 Å². The van der Waals surface area contributed by atoms with Crippen LogP contribution in [0, 0.1) is 13.8 Å². The van der Waals surface area contributed by atoms with Gasteiger partial charge in [-0.15, -0.1) is 34.0 Å². The van der Waals surface area contributed by atoms with Gasteiger partial charge in [-0.3, -0.25) is 0 Å². The van der Waals surface area contributed by atoms with Gasteiger partial charge in [-0.05, 0) is 104 Å². The smallest absolute Gasteiger partial charge is 0.744 e. The predicted molar refractivity (Wildman–Crippen MR) is 204 cm³/mol. The second-order valence-corrected chi connectivity index (χ2v) is 17.2. The fourth-order valence-corrected chi connectivity index (χ4v) is 11.2. The Morgan fingerprint density at radius 1 is 0.519 bits per heavy atom. The van der Waals surface area contributed by atoms with Gasteiger partial charge in [0, 0.05) is 16.7 Å². The van der Waals surface area contributed by atoms with Crippen molar-refractivity contribution in [2.75, 3.05) is 0 Å². The first-order chi connectivity index (χ1) is 24.3. The number of aromatic nitrogens is 3. The average Bonchev–Trinajstić information content (AvgIpc) is 3.83. The van der Waals surface area contributed by atoms with Gasteiger partial charge < -0.3 is 9.11 Å². The van der Waals surface area contributed by atoms with E-state index < -0.39 is 20.2 Å². The second-order valence-electron chi connectivity index (χ2n) is 11.6. The summed E-state index contributed by atoms with van der Waals surface area (Å²) in [5, 5.41) is 10.7. The number of hydrogen-bond acceptors (Lipinski definition) is 14. The van der Waals surface area contributed by atoms with Gasteiger partial charge >= 0.3 is 48.9 Å². The number of azo groups is 1. The van der Waals surface area contributed by atoms with Gasteiger partial charge in [-0.25, -0.2) is 31.8 Å². The second kappa shape index (κ2) is 14.2. The summed E-state index contributed by atoms with van der Waals surface area (Å²) in [5.74, 6) is 0. The molecule has 3 aromatic heterocycles. The van der Waals surface area contributed by atoms with E-state index in [1.54, 1.807) is 50.2 Å². The molecule has 0 fully saturated rings. The molecule has 0 bridgehead atoms. The van der Waals surface area contributed by atoms with E-state index in [1.165, 1.54) is 22.7 Å². The molecule has 0 amide bonds. The van der Waals surface area contributed by atoms with Crippen molar-refractivity contribution in [1.29, 1.82) is 0 Å². The van der Waals surface area contributed by atoms with Crippen LogP contribution in [0.25, 0.3) is 62.4 Å². The van der Waals surface area contributed by atoms with E-state index in [-0.39, 0.29) is 58.7 Å². The van der Waals surface area contributed by atoms with Crippen molar-refractivity contribution in [1.82, 2.24) is 15.0 Å². The number of rotatable bonds is 7. The van der Waals surface area contributed by atoms with Crippen LogP contribution in [0.1, 0.15) is 11.1 Å². The molecule has 0 N–H and O–H groups in total. The molecule has 0 aliphatic carbocycles. The first-order valence-corrected chi connectivity index (χ1v) is 20.3. The topological polar surface area (TPSA) is 178 Å². The van der Waals surface area contributed by atoms with Gasteiger partial charge in [0.15, 0.2) is 0 Å². The zero-order chi connectivity index (χ0) is 35.7. The van der Waals surface area contributed by atoms with E-state index in [4.69, 9.17) is 4.98 Å². The minimum absolute atomic E-state index is 0.